The van der Waals surface area contributed by atoms with Gasteiger partial charge in [0.1, 0.15) is 0 Å². The zero-order chi connectivity index (χ0) is 13.1. The van der Waals surface area contributed by atoms with Crippen molar-refractivity contribution in [3.8, 4) is 0 Å². The molecule has 0 amide bonds. The van der Waals surface area contributed by atoms with Gasteiger partial charge >= 0.3 is 5.97 Å². The second-order valence-corrected chi connectivity index (χ2v) is 5.35. The Morgan fingerprint density at radius 1 is 1.35 bits per heavy atom. The van der Waals surface area contributed by atoms with E-state index in [1.165, 1.54) is 5.56 Å². The highest BCUT2D eigenvalue weighted by molar-refractivity contribution is 5.67. The normalized spacial score (nSPS) is 11.3. The van der Waals surface area contributed by atoms with Crippen LogP contribution in [0.2, 0.25) is 0 Å². The lowest BCUT2D eigenvalue weighted by atomic mass is 9.86. The molecule has 0 spiro atoms. The summed E-state index contributed by atoms with van der Waals surface area (Å²) in [7, 11) is 0. The number of aryl methyl sites for hydroxylation is 1. The van der Waals surface area contributed by atoms with Crippen LogP contribution in [0.4, 0.5) is 5.69 Å². The summed E-state index contributed by atoms with van der Waals surface area (Å²) in [4.78, 5) is 10.5. The molecule has 0 heterocycles. The van der Waals surface area contributed by atoms with Crippen molar-refractivity contribution in [2.75, 3.05) is 11.9 Å². The highest BCUT2D eigenvalue weighted by Crippen LogP contribution is 2.26. The van der Waals surface area contributed by atoms with Crippen LogP contribution in [0.3, 0.4) is 0 Å². The van der Waals surface area contributed by atoms with Crippen LogP contribution < -0.4 is 5.32 Å². The van der Waals surface area contributed by atoms with Crippen LogP contribution in [0, 0.1) is 6.92 Å². The van der Waals surface area contributed by atoms with E-state index in [-0.39, 0.29) is 11.8 Å². The Balaban J connectivity index is 2.80. The van der Waals surface area contributed by atoms with Crippen LogP contribution in [0.25, 0.3) is 0 Å². The first-order valence-corrected chi connectivity index (χ1v) is 5.87. The second-order valence-electron chi connectivity index (χ2n) is 5.35. The molecule has 2 N–H and O–H groups in total. The lowest BCUT2D eigenvalue weighted by Gasteiger charge is -2.21. The standard InChI is InChI=1S/C14H21NO2/c1-10-5-6-11(14(2,3)4)9-12(10)15-8-7-13(16)17/h5-6,9,15H,7-8H2,1-4H3,(H,16,17). The molecule has 1 aromatic rings. The van der Waals surface area contributed by atoms with E-state index < -0.39 is 5.97 Å². The van der Waals surface area contributed by atoms with Crippen LogP contribution in [-0.2, 0) is 10.2 Å². The number of hydrogen-bond acceptors (Lipinski definition) is 2. The SMILES string of the molecule is Cc1ccc(C(C)(C)C)cc1NCCC(=O)O. The predicted molar refractivity (Wildman–Crippen MR) is 70.6 cm³/mol. The average molecular weight is 235 g/mol. The van der Waals surface area contributed by atoms with Gasteiger partial charge in [0.15, 0.2) is 0 Å². The van der Waals surface area contributed by atoms with Crippen molar-refractivity contribution in [1.82, 2.24) is 0 Å². The van der Waals surface area contributed by atoms with E-state index >= 15 is 0 Å². The molecule has 0 fully saturated rings. The van der Waals surface area contributed by atoms with E-state index in [9.17, 15) is 4.79 Å². The molecule has 1 rings (SSSR count). The van der Waals surface area contributed by atoms with Crippen molar-refractivity contribution >= 4 is 11.7 Å². The summed E-state index contributed by atoms with van der Waals surface area (Å²) in [5.74, 6) is -0.776. The highest BCUT2D eigenvalue weighted by atomic mass is 16.4. The van der Waals surface area contributed by atoms with Crippen LogP contribution in [0.1, 0.15) is 38.3 Å². The van der Waals surface area contributed by atoms with Crippen LogP contribution in [-0.4, -0.2) is 17.6 Å². The quantitative estimate of drug-likeness (QED) is 0.842. The fourth-order valence-corrected chi connectivity index (χ4v) is 1.58. The number of carboxylic acid groups (broad SMARTS) is 1. The molecular weight excluding hydrogens is 214 g/mol. The maximum Gasteiger partial charge on any atom is 0.305 e. The molecule has 0 aliphatic carbocycles. The van der Waals surface area contributed by atoms with E-state index in [1.807, 2.05) is 6.92 Å². The van der Waals surface area contributed by atoms with Gasteiger partial charge in [-0.2, -0.15) is 0 Å². The second kappa shape index (κ2) is 5.21. The van der Waals surface area contributed by atoms with Gasteiger partial charge in [0, 0.05) is 12.2 Å². The molecule has 0 radical (unpaired) electrons. The third kappa shape index (κ3) is 4.10. The van der Waals surface area contributed by atoms with Crippen molar-refractivity contribution in [2.45, 2.75) is 39.5 Å². The van der Waals surface area contributed by atoms with E-state index in [1.54, 1.807) is 0 Å². The summed E-state index contributed by atoms with van der Waals surface area (Å²) in [6.07, 6.45) is 0.138. The van der Waals surface area contributed by atoms with E-state index in [0.717, 1.165) is 11.3 Å². The van der Waals surface area contributed by atoms with Crippen molar-refractivity contribution in [1.29, 1.82) is 0 Å². The monoisotopic (exact) mass is 235 g/mol. The largest absolute Gasteiger partial charge is 0.481 e. The summed E-state index contributed by atoms with van der Waals surface area (Å²) in [5, 5.41) is 11.8. The fraction of sp³-hybridized carbons (Fsp3) is 0.500. The Morgan fingerprint density at radius 3 is 2.53 bits per heavy atom. The number of carbonyl (C=O) groups is 1. The number of carboxylic acids is 1. The average Bonchev–Trinajstić information content (AvgIpc) is 2.18. The van der Waals surface area contributed by atoms with E-state index in [2.05, 4.69) is 44.3 Å². The number of anilines is 1. The number of benzene rings is 1. The third-order valence-electron chi connectivity index (χ3n) is 2.76. The number of hydrogen-bond donors (Lipinski definition) is 2. The van der Waals surface area contributed by atoms with Gasteiger partial charge in [-0.15, -0.1) is 0 Å². The first-order valence-electron chi connectivity index (χ1n) is 5.87. The maximum absolute atomic E-state index is 10.5. The summed E-state index contributed by atoms with van der Waals surface area (Å²) in [6.45, 7) is 8.98. The molecular formula is C14H21NO2. The van der Waals surface area contributed by atoms with Crippen molar-refractivity contribution in [3.63, 3.8) is 0 Å². The molecule has 0 aromatic heterocycles. The summed E-state index contributed by atoms with van der Waals surface area (Å²) in [5.41, 5.74) is 3.53. The van der Waals surface area contributed by atoms with Gasteiger partial charge in [-0.25, -0.2) is 0 Å². The first kappa shape index (κ1) is 13.6. The van der Waals surface area contributed by atoms with Crippen molar-refractivity contribution in [3.05, 3.63) is 29.3 Å². The molecule has 0 saturated carbocycles. The number of rotatable bonds is 4. The lowest BCUT2D eigenvalue weighted by Crippen LogP contribution is -2.13. The molecule has 0 atom stereocenters. The minimum Gasteiger partial charge on any atom is -0.481 e. The topological polar surface area (TPSA) is 49.3 Å². The lowest BCUT2D eigenvalue weighted by molar-refractivity contribution is -0.136. The molecule has 3 nitrogen and oxygen atoms in total. The van der Waals surface area contributed by atoms with Gasteiger partial charge in [0.2, 0.25) is 0 Å². The number of aliphatic carboxylic acids is 1. The minimum atomic E-state index is -0.776. The molecule has 0 aliphatic rings. The summed E-state index contributed by atoms with van der Waals surface area (Å²) in [6, 6.07) is 6.30. The van der Waals surface area contributed by atoms with Gasteiger partial charge in [0.05, 0.1) is 6.42 Å². The third-order valence-corrected chi connectivity index (χ3v) is 2.76. The Kier molecular flexibility index (Phi) is 4.16. The van der Waals surface area contributed by atoms with Gasteiger partial charge in [-0.3, -0.25) is 4.79 Å². The number of nitrogens with one attached hydrogen (secondary N) is 1. The van der Waals surface area contributed by atoms with Crippen LogP contribution in [0.5, 0.6) is 0 Å². The zero-order valence-corrected chi connectivity index (χ0v) is 11.0. The fourth-order valence-electron chi connectivity index (χ4n) is 1.58. The van der Waals surface area contributed by atoms with Crippen molar-refractivity contribution < 1.29 is 9.90 Å². The summed E-state index contributed by atoms with van der Waals surface area (Å²) < 4.78 is 0. The van der Waals surface area contributed by atoms with Crippen molar-refractivity contribution in [2.24, 2.45) is 0 Å². The highest BCUT2D eigenvalue weighted by Gasteiger charge is 2.14. The van der Waals surface area contributed by atoms with E-state index in [4.69, 9.17) is 5.11 Å². The van der Waals surface area contributed by atoms with Gasteiger partial charge in [-0.1, -0.05) is 32.9 Å². The zero-order valence-electron chi connectivity index (χ0n) is 11.0. The Morgan fingerprint density at radius 2 is 2.00 bits per heavy atom. The molecule has 0 bridgehead atoms. The van der Waals surface area contributed by atoms with Crippen LogP contribution >= 0.6 is 0 Å². The Hall–Kier alpha value is -1.51. The first-order chi connectivity index (χ1) is 7.80. The molecule has 17 heavy (non-hydrogen) atoms. The molecule has 0 saturated heterocycles. The maximum atomic E-state index is 10.5. The smallest absolute Gasteiger partial charge is 0.305 e. The molecule has 0 unspecified atom stereocenters. The minimum absolute atomic E-state index is 0.108. The van der Waals surface area contributed by atoms with Gasteiger partial charge in [-0.05, 0) is 29.5 Å². The summed E-state index contributed by atoms with van der Waals surface area (Å²) >= 11 is 0. The molecule has 1 aromatic carbocycles. The molecule has 3 heteroatoms. The molecule has 0 aliphatic heterocycles. The van der Waals surface area contributed by atoms with Crippen LogP contribution in [0.15, 0.2) is 18.2 Å². The van der Waals surface area contributed by atoms with Gasteiger partial charge in [0.25, 0.3) is 0 Å². The molecule has 94 valence electrons. The predicted octanol–water partition coefficient (Wildman–Crippen LogP) is 3.18. The van der Waals surface area contributed by atoms with E-state index in [0.29, 0.717) is 6.54 Å². The van der Waals surface area contributed by atoms with Gasteiger partial charge < -0.3 is 10.4 Å². The Bertz CT molecular complexity index is 405. The Labute approximate surface area is 103 Å².